The molecule has 1 amide bonds. The number of nitrogens with zero attached hydrogens (tertiary/aromatic N) is 3. The van der Waals surface area contributed by atoms with E-state index in [0.29, 0.717) is 13.2 Å². The lowest BCUT2D eigenvalue weighted by atomic mass is 10.2. The Labute approximate surface area is 183 Å². The fraction of sp³-hybridized carbons (Fsp3) is 0.391. The third-order valence-corrected chi connectivity index (χ3v) is 5.16. The third kappa shape index (κ3) is 7.44. The van der Waals surface area contributed by atoms with Crippen molar-refractivity contribution in [3.8, 4) is 5.75 Å². The highest BCUT2D eigenvalue weighted by Gasteiger charge is 2.18. The minimum Gasteiger partial charge on any atom is -0.494 e. The summed E-state index contributed by atoms with van der Waals surface area (Å²) >= 11 is 5.94. The van der Waals surface area contributed by atoms with E-state index in [9.17, 15) is 4.79 Å². The topological polar surface area (TPSA) is 57.2 Å². The van der Waals surface area contributed by atoms with Crippen LogP contribution < -0.4 is 10.2 Å². The molecule has 1 fully saturated rings. The average Bonchev–Trinajstić information content (AvgIpc) is 2.76. The Hall–Kier alpha value is -2.41. The number of nitrogens with one attached hydrogen (secondary N) is 1. The highest BCUT2D eigenvalue weighted by molar-refractivity contribution is 6.30. The van der Waals surface area contributed by atoms with Crippen molar-refractivity contribution in [1.29, 1.82) is 0 Å². The van der Waals surface area contributed by atoms with Gasteiger partial charge in [-0.2, -0.15) is 5.10 Å². The third-order valence-electron chi connectivity index (χ3n) is 4.91. The van der Waals surface area contributed by atoms with E-state index >= 15 is 0 Å². The predicted molar refractivity (Wildman–Crippen MR) is 121 cm³/mol. The summed E-state index contributed by atoms with van der Waals surface area (Å²) in [4.78, 5) is 16.7. The molecule has 3 rings (SSSR count). The summed E-state index contributed by atoms with van der Waals surface area (Å²) in [6.07, 6.45) is 2.62. The smallest absolute Gasteiger partial charge is 0.254 e. The predicted octanol–water partition coefficient (Wildman–Crippen LogP) is 3.40. The molecule has 0 saturated carbocycles. The minimum absolute atomic E-state index is 0.0969. The molecule has 0 radical (unpaired) electrons. The van der Waals surface area contributed by atoms with E-state index in [1.807, 2.05) is 36.4 Å². The van der Waals surface area contributed by atoms with Crippen LogP contribution in [0.15, 0.2) is 53.6 Å². The summed E-state index contributed by atoms with van der Waals surface area (Å²) in [5.41, 5.74) is 4.78. The van der Waals surface area contributed by atoms with Crippen LogP contribution in [-0.4, -0.2) is 61.3 Å². The Kier molecular flexibility index (Phi) is 8.68. The monoisotopic (exact) mass is 428 g/mol. The van der Waals surface area contributed by atoms with Crippen molar-refractivity contribution in [1.82, 2.24) is 15.2 Å². The second-order valence-electron chi connectivity index (χ2n) is 7.39. The molecule has 2 aromatic carbocycles. The van der Waals surface area contributed by atoms with Crippen LogP contribution in [0.25, 0.3) is 0 Å². The van der Waals surface area contributed by atoms with Gasteiger partial charge in [-0.05, 0) is 53.9 Å². The fourth-order valence-electron chi connectivity index (χ4n) is 3.24. The molecular formula is C23H29ClN4O2. The summed E-state index contributed by atoms with van der Waals surface area (Å²) in [5, 5.41) is 4.82. The van der Waals surface area contributed by atoms with Gasteiger partial charge in [-0.15, -0.1) is 0 Å². The van der Waals surface area contributed by atoms with Crippen molar-refractivity contribution in [3.63, 3.8) is 0 Å². The summed E-state index contributed by atoms with van der Waals surface area (Å²) in [5.74, 6) is 0.744. The molecule has 160 valence electrons. The maximum absolute atomic E-state index is 12.2. The minimum atomic E-state index is -0.0969. The van der Waals surface area contributed by atoms with Crippen molar-refractivity contribution in [2.75, 3.05) is 39.3 Å². The number of halogens is 1. The molecule has 2 aromatic rings. The lowest BCUT2D eigenvalue weighted by Gasteiger charge is -2.34. The fourth-order valence-corrected chi connectivity index (χ4v) is 3.37. The van der Waals surface area contributed by atoms with E-state index in [1.54, 1.807) is 6.21 Å². The number of hydrogen-bond donors (Lipinski definition) is 1. The standard InChI is InChI=1S/C23H29ClN4O2/c1-2-15-30-22-9-5-19(6-10-22)16-25-26-23(29)18-28-13-11-27(12-14-28)17-20-3-7-21(24)8-4-20/h3-10,16H,2,11-15,17-18H2,1H3,(H,26,29)/b25-16-. The zero-order valence-electron chi connectivity index (χ0n) is 17.4. The van der Waals surface area contributed by atoms with E-state index in [0.717, 1.165) is 55.5 Å². The largest absolute Gasteiger partial charge is 0.494 e. The number of amides is 1. The van der Waals surface area contributed by atoms with Gasteiger partial charge in [0.25, 0.3) is 5.91 Å². The number of hydrogen-bond acceptors (Lipinski definition) is 5. The van der Waals surface area contributed by atoms with Crippen LogP contribution in [0.4, 0.5) is 0 Å². The van der Waals surface area contributed by atoms with Crippen molar-refractivity contribution in [3.05, 3.63) is 64.7 Å². The molecule has 1 aliphatic heterocycles. The normalized spacial score (nSPS) is 15.4. The Morgan fingerprint density at radius 3 is 2.40 bits per heavy atom. The van der Waals surface area contributed by atoms with Crippen LogP contribution in [0.2, 0.25) is 5.02 Å². The molecule has 1 aliphatic rings. The Morgan fingerprint density at radius 1 is 1.07 bits per heavy atom. The maximum Gasteiger partial charge on any atom is 0.254 e. The highest BCUT2D eigenvalue weighted by atomic mass is 35.5. The Bertz CT molecular complexity index is 816. The van der Waals surface area contributed by atoms with Gasteiger partial charge in [0.1, 0.15) is 5.75 Å². The SMILES string of the molecule is CCCOc1ccc(/C=N\NC(=O)CN2CCN(Cc3ccc(Cl)cc3)CC2)cc1. The van der Waals surface area contributed by atoms with Crippen LogP contribution in [0.5, 0.6) is 5.75 Å². The van der Waals surface area contributed by atoms with Gasteiger partial charge < -0.3 is 4.74 Å². The zero-order chi connectivity index (χ0) is 21.2. The molecule has 0 spiro atoms. The van der Waals surface area contributed by atoms with Gasteiger partial charge in [0.2, 0.25) is 0 Å². The molecule has 0 bridgehead atoms. The van der Waals surface area contributed by atoms with Crippen LogP contribution in [0.1, 0.15) is 24.5 Å². The maximum atomic E-state index is 12.2. The second kappa shape index (κ2) is 11.7. The Balaban J connectivity index is 1.35. The first-order chi connectivity index (χ1) is 14.6. The van der Waals surface area contributed by atoms with Gasteiger partial charge in [-0.3, -0.25) is 14.6 Å². The molecule has 0 aromatic heterocycles. The van der Waals surface area contributed by atoms with E-state index < -0.39 is 0 Å². The highest BCUT2D eigenvalue weighted by Crippen LogP contribution is 2.13. The molecular weight excluding hydrogens is 400 g/mol. The van der Waals surface area contributed by atoms with Gasteiger partial charge in [0.05, 0.1) is 19.4 Å². The first-order valence-electron chi connectivity index (χ1n) is 10.4. The Morgan fingerprint density at radius 2 is 1.73 bits per heavy atom. The van der Waals surface area contributed by atoms with Crippen molar-refractivity contribution in [2.24, 2.45) is 5.10 Å². The number of carbonyl (C=O) groups is 1. The zero-order valence-corrected chi connectivity index (χ0v) is 18.1. The molecule has 1 heterocycles. The summed E-state index contributed by atoms with van der Waals surface area (Å²) in [6, 6.07) is 15.6. The molecule has 1 saturated heterocycles. The molecule has 30 heavy (non-hydrogen) atoms. The van der Waals surface area contributed by atoms with E-state index in [4.69, 9.17) is 16.3 Å². The van der Waals surface area contributed by atoms with E-state index in [-0.39, 0.29) is 5.91 Å². The van der Waals surface area contributed by atoms with Gasteiger partial charge in [0, 0.05) is 37.7 Å². The quantitative estimate of drug-likeness (QED) is 0.491. The van der Waals surface area contributed by atoms with E-state index in [1.165, 1.54) is 5.56 Å². The van der Waals surface area contributed by atoms with Gasteiger partial charge in [-0.1, -0.05) is 30.7 Å². The van der Waals surface area contributed by atoms with Crippen molar-refractivity contribution >= 4 is 23.7 Å². The number of ether oxygens (including phenoxy) is 1. The number of piperazine rings is 1. The number of carbonyl (C=O) groups excluding carboxylic acids is 1. The molecule has 0 aliphatic carbocycles. The first kappa shape index (κ1) is 22.3. The number of benzene rings is 2. The van der Waals surface area contributed by atoms with Gasteiger partial charge in [0.15, 0.2) is 0 Å². The molecule has 6 nitrogen and oxygen atoms in total. The average molecular weight is 429 g/mol. The van der Waals surface area contributed by atoms with Crippen LogP contribution in [0, 0.1) is 0 Å². The first-order valence-corrected chi connectivity index (χ1v) is 10.7. The van der Waals surface area contributed by atoms with Crippen LogP contribution in [0.3, 0.4) is 0 Å². The lowest BCUT2D eigenvalue weighted by Crippen LogP contribution is -2.48. The molecule has 1 N–H and O–H groups in total. The van der Waals surface area contributed by atoms with Gasteiger partial charge >= 0.3 is 0 Å². The van der Waals surface area contributed by atoms with Crippen molar-refractivity contribution in [2.45, 2.75) is 19.9 Å². The molecule has 0 atom stereocenters. The number of rotatable bonds is 9. The van der Waals surface area contributed by atoms with E-state index in [2.05, 4.69) is 39.4 Å². The number of hydrazone groups is 1. The van der Waals surface area contributed by atoms with Gasteiger partial charge in [-0.25, -0.2) is 5.43 Å². The lowest BCUT2D eigenvalue weighted by molar-refractivity contribution is -0.122. The van der Waals surface area contributed by atoms with Crippen LogP contribution >= 0.6 is 11.6 Å². The molecule has 0 unspecified atom stereocenters. The summed E-state index contributed by atoms with van der Waals surface area (Å²) in [7, 11) is 0. The van der Waals surface area contributed by atoms with Crippen LogP contribution in [-0.2, 0) is 11.3 Å². The summed E-state index contributed by atoms with van der Waals surface area (Å²) < 4.78 is 5.55. The molecule has 7 heteroatoms. The summed E-state index contributed by atoms with van der Waals surface area (Å²) in [6.45, 7) is 7.65. The second-order valence-corrected chi connectivity index (χ2v) is 7.83. The van der Waals surface area contributed by atoms with Crippen molar-refractivity contribution < 1.29 is 9.53 Å².